The molecule has 1 aromatic carbocycles. The van der Waals surface area contributed by atoms with Crippen LogP contribution < -0.4 is 5.32 Å². The predicted octanol–water partition coefficient (Wildman–Crippen LogP) is 4.37. The van der Waals surface area contributed by atoms with E-state index in [1.165, 1.54) is 57.2 Å². The van der Waals surface area contributed by atoms with Gasteiger partial charge in [0.15, 0.2) is 0 Å². The Morgan fingerprint density at radius 3 is 2.20 bits per heavy atom. The summed E-state index contributed by atoms with van der Waals surface area (Å²) in [5.74, 6) is 0.703. The quantitative estimate of drug-likeness (QED) is 0.881. The van der Waals surface area contributed by atoms with E-state index in [-0.39, 0.29) is 11.3 Å². The minimum absolute atomic E-state index is 0.0682. The van der Waals surface area contributed by atoms with Crippen LogP contribution in [-0.4, -0.2) is 36.5 Å². The average molecular weight is 343 g/mol. The van der Waals surface area contributed by atoms with Crippen LogP contribution in [0.3, 0.4) is 0 Å². The second-order valence-electron chi connectivity index (χ2n) is 8.96. The number of carbonyl (C=O) groups excluding carboxylic acids is 1. The summed E-state index contributed by atoms with van der Waals surface area (Å²) in [6.07, 6.45) is 8.06. The molecule has 0 aromatic heterocycles. The van der Waals surface area contributed by atoms with Crippen molar-refractivity contribution in [3.8, 4) is 0 Å². The minimum atomic E-state index is 0.0682. The summed E-state index contributed by atoms with van der Waals surface area (Å²) in [6, 6.07) is 8.91. The van der Waals surface area contributed by atoms with Crippen molar-refractivity contribution in [2.24, 2.45) is 5.92 Å². The molecular weight excluding hydrogens is 308 g/mol. The van der Waals surface area contributed by atoms with E-state index in [9.17, 15) is 4.79 Å². The van der Waals surface area contributed by atoms with Crippen molar-refractivity contribution < 1.29 is 4.79 Å². The van der Waals surface area contributed by atoms with E-state index < -0.39 is 0 Å². The Kier molecular flexibility index (Phi) is 5.83. The summed E-state index contributed by atoms with van der Waals surface area (Å²) < 4.78 is 0. The Morgan fingerprint density at radius 1 is 1.04 bits per heavy atom. The van der Waals surface area contributed by atoms with Gasteiger partial charge in [0, 0.05) is 18.2 Å². The highest BCUT2D eigenvalue weighted by Gasteiger charge is 2.27. The lowest BCUT2D eigenvalue weighted by atomic mass is 9.86. The summed E-state index contributed by atoms with van der Waals surface area (Å²) >= 11 is 0. The minimum Gasteiger partial charge on any atom is -0.352 e. The van der Waals surface area contributed by atoms with Gasteiger partial charge in [0.1, 0.15) is 0 Å². The Labute approximate surface area is 153 Å². The molecule has 3 nitrogen and oxygen atoms in total. The van der Waals surface area contributed by atoms with Crippen LogP contribution >= 0.6 is 0 Å². The van der Waals surface area contributed by atoms with Crippen molar-refractivity contribution in [2.75, 3.05) is 19.6 Å². The van der Waals surface area contributed by atoms with Crippen molar-refractivity contribution >= 4 is 5.91 Å². The maximum Gasteiger partial charge on any atom is 0.251 e. The maximum absolute atomic E-state index is 12.4. The second kappa shape index (κ2) is 7.90. The lowest BCUT2D eigenvalue weighted by Crippen LogP contribution is -2.42. The molecule has 0 unspecified atom stereocenters. The van der Waals surface area contributed by atoms with Crippen LogP contribution in [0.1, 0.15) is 75.2 Å². The van der Waals surface area contributed by atoms with Gasteiger partial charge in [-0.2, -0.15) is 0 Å². The van der Waals surface area contributed by atoms with Crippen molar-refractivity contribution in [2.45, 2.75) is 70.8 Å². The lowest BCUT2D eigenvalue weighted by Gasteiger charge is -2.36. The van der Waals surface area contributed by atoms with E-state index in [0.29, 0.717) is 5.92 Å². The largest absolute Gasteiger partial charge is 0.352 e. The number of nitrogens with zero attached hydrogens (tertiary/aromatic N) is 1. The molecule has 2 fully saturated rings. The number of piperidine rings is 1. The van der Waals surface area contributed by atoms with Gasteiger partial charge in [-0.05, 0) is 67.8 Å². The molecule has 1 N–H and O–H groups in total. The molecule has 3 rings (SSSR count). The number of hydrogen-bond acceptors (Lipinski definition) is 2. The summed E-state index contributed by atoms with van der Waals surface area (Å²) in [7, 11) is 0. The molecule has 1 aromatic rings. The third-order valence-electron chi connectivity index (χ3n) is 6.05. The molecule has 1 saturated heterocycles. The molecule has 2 aliphatic rings. The zero-order chi connectivity index (χ0) is 17.9. The van der Waals surface area contributed by atoms with Gasteiger partial charge in [-0.25, -0.2) is 0 Å². The predicted molar refractivity (Wildman–Crippen MR) is 104 cm³/mol. The van der Waals surface area contributed by atoms with Crippen LogP contribution in [0.2, 0.25) is 0 Å². The van der Waals surface area contributed by atoms with Crippen molar-refractivity contribution in [3.63, 3.8) is 0 Å². The molecule has 1 amide bonds. The Balaban J connectivity index is 1.43. The molecule has 1 heterocycles. The second-order valence-corrected chi connectivity index (χ2v) is 8.96. The molecule has 1 aliphatic heterocycles. The smallest absolute Gasteiger partial charge is 0.251 e. The Hall–Kier alpha value is -1.35. The van der Waals surface area contributed by atoms with Crippen LogP contribution in [0.5, 0.6) is 0 Å². The average Bonchev–Trinajstić information content (AvgIpc) is 3.14. The number of likely N-dealkylation sites (tertiary alicyclic amines) is 1. The monoisotopic (exact) mass is 342 g/mol. The zero-order valence-corrected chi connectivity index (χ0v) is 16.2. The van der Waals surface area contributed by atoms with Crippen LogP contribution in [0, 0.1) is 5.92 Å². The fourth-order valence-electron chi connectivity index (χ4n) is 4.25. The summed E-state index contributed by atoms with van der Waals surface area (Å²) in [4.78, 5) is 15.1. The number of rotatable bonds is 4. The van der Waals surface area contributed by atoms with Gasteiger partial charge in [0.2, 0.25) is 0 Å². The highest BCUT2D eigenvalue weighted by atomic mass is 16.1. The molecular formula is C22H34N2O. The SMILES string of the molecule is CC(C)(C)c1ccc(C(=O)NCC2CCN(C3CCCC3)CC2)cc1. The first-order chi connectivity index (χ1) is 11.9. The number of hydrogen-bond donors (Lipinski definition) is 1. The highest BCUT2D eigenvalue weighted by Crippen LogP contribution is 2.27. The lowest BCUT2D eigenvalue weighted by molar-refractivity contribution is 0.0924. The molecule has 3 heteroatoms. The fraction of sp³-hybridized carbons (Fsp3) is 0.682. The topological polar surface area (TPSA) is 32.3 Å². The van der Waals surface area contributed by atoms with Crippen molar-refractivity contribution in [1.29, 1.82) is 0 Å². The number of benzene rings is 1. The van der Waals surface area contributed by atoms with Gasteiger partial charge in [0.05, 0.1) is 0 Å². The van der Waals surface area contributed by atoms with Crippen LogP contribution in [0.15, 0.2) is 24.3 Å². The molecule has 0 radical (unpaired) electrons. The van der Waals surface area contributed by atoms with Gasteiger partial charge >= 0.3 is 0 Å². The van der Waals surface area contributed by atoms with Crippen LogP contribution in [0.25, 0.3) is 0 Å². The third-order valence-corrected chi connectivity index (χ3v) is 6.05. The summed E-state index contributed by atoms with van der Waals surface area (Å²) in [5.41, 5.74) is 2.17. The first-order valence-corrected chi connectivity index (χ1v) is 10.1. The van der Waals surface area contributed by atoms with Crippen molar-refractivity contribution in [3.05, 3.63) is 35.4 Å². The summed E-state index contributed by atoms with van der Waals surface area (Å²) in [6.45, 7) is 9.83. The van der Waals surface area contributed by atoms with Crippen molar-refractivity contribution in [1.82, 2.24) is 10.2 Å². The van der Waals surface area contributed by atoms with Gasteiger partial charge in [-0.1, -0.05) is 45.7 Å². The molecule has 1 saturated carbocycles. The molecule has 1 aliphatic carbocycles. The van der Waals surface area contributed by atoms with Crippen LogP contribution in [0.4, 0.5) is 0 Å². The molecule has 0 atom stereocenters. The maximum atomic E-state index is 12.4. The fourth-order valence-corrected chi connectivity index (χ4v) is 4.25. The van der Waals surface area contributed by atoms with E-state index in [2.05, 4.69) is 43.1 Å². The first-order valence-electron chi connectivity index (χ1n) is 10.1. The standard InChI is InChI=1S/C22H34N2O/c1-22(2,3)19-10-8-18(9-11-19)21(25)23-16-17-12-14-24(15-13-17)20-6-4-5-7-20/h8-11,17,20H,4-7,12-16H2,1-3H3,(H,23,25). The van der Waals surface area contributed by atoms with Gasteiger partial charge < -0.3 is 10.2 Å². The zero-order valence-electron chi connectivity index (χ0n) is 16.2. The number of amides is 1. The summed E-state index contributed by atoms with van der Waals surface area (Å²) in [5, 5.41) is 3.15. The Morgan fingerprint density at radius 2 is 1.64 bits per heavy atom. The molecule has 138 valence electrons. The Bertz CT molecular complexity index is 559. The van der Waals surface area contributed by atoms with E-state index in [4.69, 9.17) is 0 Å². The van der Waals surface area contributed by atoms with E-state index in [1.54, 1.807) is 0 Å². The number of carbonyl (C=O) groups is 1. The normalized spacial score (nSPS) is 20.8. The van der Waals surface area contributed by atoms with Crippen LogP contribution in [-0.2, 0) is 5.41 Å². The van der Waals surface area contributed by atoms with E-state index in [0.717, 1.165) is 18.2 Å². The number of nitrogens with one attached hydrogen (secondary N) is 1. The highest BCUT2D eigenvalue weighted by molar-refractivity contribution is 5.94. The first kappa shape index (κ1) is 18.4. The van der Waals surface area contributed by atoms with E-state index >= 15 is 0 Å². The van der Waals surface area contributed by atoms with E-state index in [1.807, 2.05) is 12.1 Å². The van der Waals surface area contributed by atoms with Gasteiger partial charge in [0.25, 0.3) is 5.91 Å². The molecule has 0 spiro atoms. The molecule has 0 bridgehead atoms. The van der Waals surface area contributed by atoms with Gasteiger partial charge in [-0.3, -0.25) is 4.79 Å². The van der Waals surface area contributed by atoms with Gasteiger partial charge in [-0.15, -0.1) is 0 Å². The molecule has 25 heavy (non-hydrogen) atoms. The third kappa shape index (κ3) is 4.84.